The Kier molecular flexibility index (Phi) is 5.77. The largest absolute Gasteiger partial charge is 0.493 e. The number of hydrogen-bond donors (Lipinski definition) is 1. The molecular weight excluding hydrogens is 416 g/mol. The van der Waals surface area contributed by atoms with Gasteiger partial charge in [0.25, 0.3) is 5.91 Å². The lowest BCUT2D eigenvalue weighted by Crippen LogP contribution is -2.31. The number of ether oxygens (including phenoxy) is 2. The van der Waals surface area contributed by atoms with E-state index in [0.717, 1.165) is 10.4 Å². The fourth-order valence-corrected chi connectivity index (χ4v) is 4.32. The number of hydrogen-bond acceptors (Lipinski definition) is 6. The third kappa shape index (κ3) is 4.17. The van der Waals surface area contributed by atoms with Crippen LogP contribution in [0, 0.1) is 0 Å². The molecule has 31 heavy (non-hydrogen) atoms. The van der Waals surface area contributed by atoms with E-state index < -0.39 is 0 Å². The van der Waals surface area contributed by atoms with Gasteiger partial charge in [-0.2, -0.15) is 0 Å². The van der Waals surface area contributed by atoms with Crippen molar-refractivity contribution in [3.63, 3.8) is 0 Å². The van der Waals surface area contributed by atoms with Gasteiger partial charge < -0.3 is 19.7 Å². The third-order valence-electron chi connectivity index (χ3n) is 4.95. The molecule has 9 heteroatoms. The Bertz CT molecular complexity index is 1120. The Morgan fingerprint density at radius 3 is 2.58 bits per heavy atom. The van der Waals surface area contributed by atoms with E-state index in [9.17, 15) is 9.59 Å². The highest BCUT2D eigenvalue weighted by atomic mass is 32.1. The van der Waals surface area contributed by atoms with E-state index >= 15 is 0 Å². The molecule has 160 valence electrons. The fourth-order valence-electron chi connectivity index (χ4n) is 3.29. The number of urea groups is 1. The van der Waals surface area contributed by atoms with Crippen molar-refractivity contribution in [2.45, 2.75) is 13.1 Å². The number of aromatic nitrogens is 1. The molecule has 0 radical (unpaired) electrons. The second kappa shape index (κ2) is 8.65. The maximum absolute atomic E-state index is 12.8. The van der Waals surface area contributed by atoms with E-state index in [0.29, 0.717) is 41.1 Å². The van der Waals surface area contributed by atoms with Crippen LogP contribution in [0.5, 0.6) is 11.5 Å². The Morgan fingerprint density at radius 1 is 1.16 bits per heavy atom. The number of methoxy groups -OCH3 is 2. The zero-order chi connectivity index (χ0) is 22.0. The lowest BCUT2D eigenvalue weighted by molar-refractivity contribution is 0.0762. The predicted octanol–water partition coefficient (Wildman–Crippen LogP) is 3.98. The monoisotopic (exact) mass is 438 g/mol. The molecule has 0 unspecified atom stereocenters. The number of carbonyl (C=O) groups is 2. The SMILES string of the molecule is COc1ccc(NC(=O)N(C)c2nc3c(s2)CN(Cc2ccccc2)C3=O)cc1OC. The highest BCUT2D eigenvalue weighted by Gasteiger charge is 2.33. The van der Waals surface area contributed by atoms with Crippen molar-refractivity contribution >= 4 is 34.1 Å². The van der Waals surface area contributed by atoms with Gasteiger partial charge in [-0.25, -0.2) is 9.78 Å². The quantitative estimate of drug-likeness (QED) is 0.629. The Labute approximate surface area is 184 Å². The molecule has 1 aliphatic rings. The molecule has 1 N–H and O–H groups in total. The minimum atomic E-state index is -0.367. The molecule has 0 fully saturated rings. The first-order valence-corrected chi connectivity index (χ1v) is 10.4. The average Bonchev–Trinajstić information content (AvgIpc) is 3.33. The lowest BCUT2D eigenvalue weighted by Gasteiger charge is -2.18. The van der Waals surface area contributed by atoms with Crippen LogP contribution in [0.3, 0.4) is 0 Å². The zero-order valence-electron chi connectivity index (χ0n) is 17.4. The first-order chi connectivity index (χ1) is 15.0. The van der Waals surface area contributed by atoms with E-state index in [1.807, 2.05) is 30.3 Å². The van der Waals surface area contributed by atoms with Gasteiger partial charge in [-0.1, -0.05) is 41.7 Å². The molecule has 0 saturated heterocycles. The van der Waals surface area contributed by atoms with Crippen molar-refractivity contribution in [2.24, 2.45) is 0 Å². The topological polar surface area (TPSA) is 84.0 Å². The number of amides is 3. The number of carbonyl (C=O) groups excluding carboxylic acids is 2. The van der Waals surface area contributed by atoms with Crippen molar-refractivity contribution in [3.05, 3.63) is 64.7 Å². The molecule has 3 aromatic rings. The molecule has 2 heterocycles. The van der Waals surface area contributed by atoms with Gasteiger partial charge in [0.15, 0.2) is 16.6 Å². The first kappa shape index (κ1) is 20.7. The molecule has 0 atom stereocenters. The normalized spacial score (nSPS) is 12.5. The first-order valence-electron chi connectivity index (χ1n) is 9.59. The maximum Gasteiger partial charge on any atom is 0.327 e. The zero-order valence-corrected chi connectivity index (χ0v) is 18.2. The number of rotatable bonds is 6. The summed E-state index contributed by atoms with van der Waals surface area (Å²) in [4.78, 5) is 33.9. The molecule has 0 spiro atoms. The molecule has 8 nitrogen and oxygen atoms in total. The summed E-state index contributed by atoms with van der Waals surface area (Å²) in [5, 5.41) is 3.27. The van der Waals surface area contributed by atoms with Gasteiger partial charge in [0.05, 0.1) is 25.6 Å². The summed E-state index contributed by atoms with van der Waals surface area (Å²) >= 11 is 1.35. The van der Waals surface area contributed by atoms with Crippen LogP contribution in [0.15, 0.2) is 48.5 Å². The standard InChI is InChI=1S/C22H22N4O4S/c1-25(21(28)23-15-9-10-16(29-2)17(11-15)30-3)22-24-19-18(31-22)13-26(20(19)27)12-14-7-5-4-6-8-14/h4-11H,12-13H2,1-3H3,(H,23,28). The van der Waals surface area contributed by atoms with E-state index in [2.05, 4.69) is 10.3 Å². The van der Waals surface area contributed by atoms with Gasteiger partial charge >= 0.3 is 6.03 Å². The number of fused-ring (bicyclic) bond motifs is 1. The average molecular weight is 439 g/mol. The van der Waals surface area contributed by atoms with Gasteiger partial charge in [-0.3, -0.25) is 9.69 Å². The summed E-state index contributed by atoms with van der Waals surface area (Å²) in [6, 6.07) is 14.6. The number of anilines is 2. The summed E-state index contributed by atoms with van der Waals surface area (Å²) in [5.74, 6) is 0.971. The van der Waals surface area contributed by atoms with Crippen LogP contribution in [0.25, 0.3) is 0 Å². The van der Waals surface area contributed by atoms with E-state index in [1.165, 1.54) is 23.3 Å². The molecule has 0 saturated carbocycles. The smallest absolute Gasteiger partial charge is 0.327 e. The molecule has 0 bridgehead atoms. The third-order valence-corrected chi connectivity index (χ3v) is 6.07. The Morgan fingerprint density at radius 2 is 1.90 bits per heavy atom. The van der Waals surface area contributed by atoms with Crippen LogP contribution in [-0.2, 0) is 13.1 Å². The summed E-state index contributed by atoms with van der Waals surface area (Å²) in [5.41, 5.74) is 2.04. The van der Waals surface area contributed by atoms with E-state index in [4.69, 9.17) is 9.47 Å². The van der Waals surface area contributed by atoms with E-state index in [-0.39, 0.29) is 11.9 Å². The maximum atomic E-state index is 12.8. The van der Waals surface area contributed by atoms with Crippen LogP contribution in [-0.4, -0.2) is 43.1 Å². The predicted molar refractivity (Wildman–Crippen MR) is 119 cm³/mol. The Hall–Kier alpha value is -3.59. The molecule has 3 amide bonds. The highest BCUT2D eigenvalue weighted by molar-refractivity contribution is 7.16. The van der Waals surface area contributed by atoms with Crippen LogP contribution in [0.1, 0.15) is 20.9 Å². The molecule has 4 rings (SSSR count). The van der Waals surface area contributed by atoms with Crippen LogP contribution in [0.4, 0.5) is 15.6 Å². The van der Waals surface area contributed by atoms with Gasteiger partial charge in [0.2, 0.25) is 0 Å². The van der Waals surface area contributed by atoms with Crippen LogP contribution >= 0.6 is 11.3 Å². The van der Waals surface area contributed by atoms with Gasteiger partial charge in [-0.05, 0) is 17.7 Å². The second-order valence-electron chi connectivity index (χ2n) is 6.97. The fraction of sp³-hybridized carbons (Fsp3) is 0.227. The van der Waals surface area contributed by atoms with Crippen molar-refractivity contribution < 1.29 is 19.1 Å². The van der Waals surface area contributed by atoms with Crippen LogP contribution < -0.4 is 19.7 Å². The van der Waals surface area contributed by atoms with E-state index in [1.54, 1.807) is 37.3 Å². The van der Waals surface area contributed by atoms with Crippen molar-refractivity contribution in [3.8, 4) is 11.5 Å². The number of nitrogens with zero attached hydrogens (tertiary/aromatic N) is 3. The highest BCUT2D eigenvalue weighted by Crippen LogP contribution is 2.34. The molecular formula is C22H22N4O4S. The van der Waals surface area contributed by atoms with Gasteiger partial charge in [-0.15, -0.1) is 0 Å². The second-order valence-corrected chi connectivity index (χ2v) is 8.04. The van der Waals surface area contributed by atoms with Crippen molar-refractivity contribution in [1.29, 1.82) is 0 Å². The van der Waals surface area contributed by atoms with Crippen molar-refractivity contribution in [2.75, 3.05) is 31.5 Å². The minimum absolute atomic E-state index is 0.116. The van der Waals surface area contributed by atoms with Crippen molar-refractivity contribution in [1.82, 2.24) is 9.88 Å². The number of benzene rings is 2. The Balaban J connectivity index is 1.44. The minimum Gasteiger partial charge on any atom is -0.493 e. The van der Waals surface area contributed by atoms with Crippen LogP contribution in [0.2, 0.25) is 0 Å². The van der Waals surface area contributed by atoms with Gasteiger partial charge in [0.1, 0.15) is 5.69 Å². The molecule has 0 aliphatic carbocycles. The summed E-state index contributed by atoms with van der Waals surface area (Å²) in [7, 11) is 4.70. The molecule has 2 aromatic carbocycles. The molecule has 1 aliphatic heterocycles. The number of nitrogens with one attached hydrogen (secondary N) is 1. The summed E-state index contributed by atoms with van der Waals surface area (Å²) in [6.45, 7) is 1.03. The molecule has 1 aromatic heterocycles. The van der Waals surface area contributed by atoms with Gasteiger partial charge in [0, 0.05) is 25.3 Å². The summed E-state index contributed by atoms with van der Waals surface area (Å²) in [6.07, 6.45) is 0. The number of thiazole rings is 1. The summed E-state index contributed by atoms with van der Waals surface area (Å²) < 4.78 is 10.5. The lowest BCUT2D eigenvalue weighted by atomic mass is 10.2.